The van der Waals surface area contributed by atoms with Gasteiger partial charge in [0.2, 0.25) is 0 Å². The SMILES string of the molecule is Cc1cc(N(C)Cc2ccccc2)ncc1CN. The van der Waals surface area contributed by atoms with Gasteiger partial charge >= 0.3 is 0 Å². The molecule has 1 heterocycles. The van der Waals surface area contributed by atoms with Gasteiger partial charge in [0, 0.05) is 26.3 Å². The Bertz CT molecular complexity index is 508. The standard InChI is InChI=1S/C15H19N3/c1-12-8-15(17-10-14(12)9-16)18(2)11-13-6-4-3-5-7-13/h3-8,10H,9,11,16H2,1-2H3. The lowest BCUT2D eigenvalue weighted by atomic mass is 10.1. The van der Waals surface area contributed by atoms with E-state index >= 15 is 0 Å². The summed E-state index contributed by atoms with van der Waals surface area (Å²) in [5, 5.41) is 0. The van der Waals surface area contributed by atoms with Crippen LogP contribution in [0, 0.1) is 6.92 Å². The van der Waals surface area contributed by atoms with Crippen molar-refractivity contribution in [1.82, 2.24) is 4.98 Å². The first kappa shape index (κ1) is 12.6. The van der Waals surface area contributed by atoms with E-state index in [2.05, 4.69) is 54.2 Å². The topological polar surface area (TPSA) is 42.2 Å². The van der Waals surface area contributed by atoms with Gasteiger partial charge in [-0.3, -0.25) is 0 Å². The number of nitrogens with two attached hydrogens (primary N) is 1. The van der Waals surface area contributed by atoms with E-state index in [0.717, 1.165) is 17.9 Å². The maximum absolute atomic E-state index is 5.65. The van der Waals surface area contributed by atoms with Gasteiger partial charge in [0.05, 0.1) is 0 Å². The van der Waals surface area contributed by atoms with Crippen molar-refractivity contribution in [3.63, 3.8) is 0 Å². The second-order valence-corrected chi connectivity index (χ2v) is 4.51. The monoisotopic (exact) mass is 241 g/mol. The molecular weight excluding hydrogens is 222 g/mol. The Labute approximate surface area is 108 Å². The molecule has 3 nitrogen and oxygen atoms in total. The molecule has 0 amide bonds. The highest BCUT2D eigenvalue weighted by atomic mass is 15.2. The van der Waals surface area contributed by atoms with E-state index in [-0.39, 0.29) is 0 Å². The van der Waals surface area contributed by atoms with Gasteiger partial charge in [-0.05, 0) is 29.7 Å². The number of hydrogen-bond donors (Lipinski definition) is 1. The molecule has 1 aromatic carbocycles. The lowest BCUT2D eigenvalue weighted by Gasteiger charge is -2.19. The Morgan fingerprint density at radius 3 is 2.56 bits per heavy atom. The maximum Gasteiger partial charge on any atom is 0.128 e. The summed E-state index contributed by atoms with van der Waals surface area (Å²) in [4.78, 5) is 6.59. The second-order valence-electron chi connectivity index (χ2n) is 4.51. The molecule has 0 saturated carbocycles. The van der Waals surface area contributed by atoms with Crippen molar-refractivity contribution < 1.29 is 0 Å². The highest BCUT2D eigenvalue weighted by Gasteiger charge is 2.05. The molecule has 0 aliphatic rings. The van der Waals surface area contributed by atoms with Crippen molar-refractivity contribution in [3.8, 4) is 0 Å². The smallest absolute Gasteiger partial charge is 0.128 e. The Hall–Kier alpha value is -1.87. The number of pyridine rings is 1. The van der Waals surface area contributed by atoms with Crippen LogP contribution in [0.5, 0.6) is 0 Å². The van der Waals surface area contributed by atoms with Gasteiger partial charge in [0.1, 0.15) is 5.82 Å². The van der Waals surface area contributed by atoms with Crippen LogP contribution in [-0.2, 0) is 13.1 Å². The summed E-state index contributed by atoms with van der Waals surface area (Å²) < 4.78 is 0. The lowest BCUT2D eigenvalue weighted by molar-refractivity contribution is 0.889. The number of anilines is 1. The van der Waals surface area contributed by atoms with Crippen LogP contribution in [-0.4, -0.2) is 12.0 Å². The molecular formula is C15H19N3. The third-order valence-electron chi connectivity index (χ3n) is 3.08. The van der Waals surface area contributed by atoms with E-state index in [1.54, 1.807) is 0 Å². The molecule has 0 unspecified atom stereocenters. The average Bonchev–Trinajstić information content (AvgIpc) is 2.39. The van der Waals surface area contributed by atoms with Crippen LogP contribution in [0.3, 0.4) is 0 Å². The van der Waals surface area contributed by atoms with Gasteiger partial charge in [-0.25, -0.2) is 4.98 Å². The molecule has 0 spiro atoms. The summed E-state index contributed by atoms with van der Waals surface area (Å²) >= 11 is 0. The van der Waals surface area contributed by atoms with Crippen LogP contribution >= 0.6 is 0 Å². The number of aryl methyl sites for hydroxylation is 1. The zero-order valence-electron chi connectivity index (χ0n) is 10.9. The van der Waals surface area contributed by atoms with Crippen LogP contribution in [0.4, 0.5) is 5.82 Å². The van der Waals surface area contributed by atoms with Crippen LogP contribution in [0.1, 0.15) is 16.7 Å². The minimum atomic E-state index is 0.543. The molecule has 18 heavy (non-hydrogen) atoms. The maximum atomic E-state index is 5.65. The largest absolute Gasteiger partial charge is 0.355 e. The normalized spacial score (nSPS) is 10.4. The Kier molecular flexibility index (Phi) is 3.95. The zero-order valence-corrected chi connectivity index (χ0v) is 10.9. The van der Waals surface area contributed by atoms with Crippen molar-refractivity contribution in [1.29, 1.82) is 0 Å². The Balaban J connectivity index is 2.14. The van der Waals surface area contributed by atoms with E-state index in [9.17, 15) is 0 Å². The van der Waals surface area contributed by atoms with Crippen LogP contribution in [0.25, 0.3) is 0 Å². The van der Waals surface area contributed by atoms with Crippen molar-refractivity contribution in [2.24, 2.45) is 5.73 Å². The summed E-state index contributed by atoms with van der Waals surface area (Å²) in [5.74, 6) is 0.980. The first-order valence-electron chi connectivity index (χ1n) is 6.11. The van der Waals surface area contributed by atoms with E-state index in [1.807, 2.05) is 12.3 Å². The minimum absolute atomic E-state index is 0.543. The highest BCUT2D eigenvalue weighted by Crippen LogP contribution is 2.16. The molecule has 0 aliphatic heterocycles. The molecule has 0 fully saturated rings. The first-order valence-corrected chi connectivity index (χ1v) is 6.11. The van der Waals surface area contributed by atoms with Crippen LogP contribution < -0.4 is 10.6 Å². The van der Waals surface area contributed by atoms with Gasteiger partial charge < -0.3 is 10.6 Å². The van der Waals surface area contributed by atoms with Crippen molar-refractivity contribution in [2.45, 2.75) is 20.0 Å². The quantitative estimate of drug-likeness (QED) is 0.894. The molecule has 2 N–H and O–H groups in total. The zero-order chi connectivity index (χ0) is 13.0. The van der Waals surface area contributed by atoms with Gasteiger partial charge in [-0.2, -0.15) is 0 Å². The fraction of sp³-hybridized carbons (Fsp3) is 0.267. The molecule has 94 valence electrons. The van der Waals surface area contributed by atoms with Gasteiger partial charge in [0.15, 0.2) is 0 Å². The average molecular weight is 241 g/mol. The minimum Gasteiger partial charge on any atom is -0.355 e. The van der Waals surface area contributed by atoms with E-state index in [1.165, 1.54) is 11.1 Å². The van der Waals surface area contributed by atoms with Crippen LogP contribution in [0.15, 0.2) is 42.6 Å². The third kappa shape index (κ3) is 2.87. The molecule has 0 bridgehead atoms. The second kappa shape index (κ2) is 5.65. The first-order chi connectivity index (χ1) is 8.70. The summed E-state index contributed by atoms with van der Waals surface area (Å²) in [5.41, 5.74) is 9.23. The highest BCUT2D eigenvalue weighted by molar-refractivity contribution is 5.43. The number of aromatic nitrogens is 1. The third-order valence-corrected chi connectivity index (χ3v) is 3.08. The molecule has 1 aromatic heterocycles. The molecule has 0 saturated heterocycles. The molecule has 0 aliphatic carbocycles. The molecule has 2 rings (SSSR count). The Morgan fingerprint density at radius 2 is 1.94 bits per heavy atom. The summed E-state index contributed by atoms with van der Waals surface area (Å²) in [7, 11) is 2.05. The molecule has 3 heteroatoms. The lowest BCUT2D eigenvalue weighted by Crippen LogP contribution is -2.18. The summed E-state index contributed by atoms with van der Waals surface area (Å²) in [6.45, 7) is 3.47. The molecule has 0 radical (unpaired) electrons. The summed E-state index contributed by atoms with van der Waals surface area (Å²) in [6, 6.07) is 12.5. The molecule has 0 atom stereocenters. The fourth-order valence-electron chi connectivity index (χ4n) is 1.93. The van der Waals surface area contributed by atoms with Crippen molar-refractivity contribution >= 4 is 5.82 Å². The number of benzene rings is 1. The summed E-state index contributed by atoms with van der Waals surface area (Å²) in [6.07, 6.45) is 1.87. The number of rotatable bonds is 4. The van der Waals surface area contributed by atoms with E-state index in [0.29, 0.717) is 6.54 Å². The van der Waals surface area contributed by atoms with Crippen molar-refractivity contribution in [2.75, 3.05) is 11.9 Å². The molecule has 2 aromatic rings. The van der Waals surface area contributed by atoms with Gasteiger partial charge in [0.25, 0.3) is 0 Å². The predicted octanol–water partition coefficient (Wildman–Crippen LogP) is 2.49. The van der Waals surface area contributed by atoms with Gasteiger partial charge in [-0.1, -0.05) is 30.3 Å². The number of hydrogen-bond acceptors (Lipinski definition) is 3. The fourth-order valence-corrected chi connectivity index (χ4v) is 1.93. The Morgan fingerprint density at radius 1 is 1.22 bits per heavy atom. The van der Waals surface area contributed by atoms with Crippen molar-refractivity contribution in [3.05, 3.63) is 59.3 Å². The van der Waals surface area contributed by atoms with Gasteiger partial charge in [-0.15, -0.1) is 0 Å². The van der Waals surface area contributed by atoms with Crippen LogP contribution in [0.2, 0.25) is 0 Å². The van der Waals surface area contributed by atoms with E-state index in [4.69, 9.17) is 5.73 Å². The van der Waals surface area contributed by atoms with E-state index < -0.39 is 0 Å². The predicted molar refractivity (Wildman–Crippen MR) is 75.4 cm³/mol. The number of nitrogens with zero attached hydrogens (tertiary/aromatic N) is 2.